The Morgan fingerprint density at radius 3 is 3.00 bits per heavy atom. The second kappa shape index (κ2) is 4.81. The molecule has 0 unspecified atom stereocenters. The van der Waals surface area contributed by atoms with Gasteiger partial charge in [0.15, 0.2) is 4.96 Å². The number of thiazole rings is 1. The monoisotopic (exact) mass is 307 g/mol. The number of aromatic nitrogens is 2. The minimum Gasteiger partial charge on any atom is -0.506 e. The summed E-state index contributed by atoms with van der Waals surface area (Å²) in [5.41, 5.74) is 0.547. The van der Waals surface area contributed by atoms with Crippen molar-refractivity contribution in [3.05, 3.63) is 46.2 Å². The van der Waals surface area contributed by atoms with E-state index in [1.807, 2.05) is 13.1 Å². The van der Waals surface area contributed by atoms with E-state index in [-0.39, 0.29) is 17.1 Å². The highest BCUT2D eigenvalue weighted by Crippen LogP contribution is 2.27. The summed E-state index contributed by atoms with van der Waals surface area (Å²) in [5.74, 6) is -0.435. The smallest absolute Gasteiger partial charge is 0.276 e. The Bertz CT molecular complexity index is 778. The number of imidazole rings is 1. The Hall–Kier alpha value is -2.05. The predicted molar refractivity (Wildman–Crippen MR) is 78.9 cm³/mol. The summed E-state index contributed by atoms with van der Waals surface area (Å²) in [5, 5.41) is 12.7. The zero-order chi connectivity index (χ0) is 14.3. The van der Waals surface area contributed by atoms with Crippen molar-refractivity contribution in [2.24, 2.45) is 0 Å². The number of phenolic OH excluding ortho intramolecular Hbond substituents is 1. The van der Waals surface area contributed by atoms with Crippen LogP contribution in [0.2, 0.25) is 5.02 Å². The van der Waals surface area contributed by atoms with Crippen molar-refractivity contribution >= 4 is 39.5 Å². The molecule has 2 aromatic heterocycles. The maximum Gasteiger partial charge on any atom is 0.276 e. The first kappa shape index (κ1) is 13.0. The Morgan fingerprint density at radius 2 is 2.25 bits per heavy atom. The van der Waals surface area contributed by atoms with Crippen LogP contribution in [0.4, 0.5) is 5.69 Å². The van der Waals surface area contributed by atoms with E-state index in [9.17, 15) is 9.90 Å². The molecule has 20 heavy (non-hydrogen) atoms. The largest absolute Gasteiger partial charge is 0.506 e. The number of carbonyl (C=O) groups excluding carboxylic acids is 1. The average molecular weight is 308 g/mol. The summed E-state index contributed by atoms with van der Waals surface area (Å²) in [7, 11) is 0. The lowest BCUT2D eigenvalue weighted by Gasteiger charge is -2.05. The molecule has 7 heteroatoms. The van der Waals surface area contributed by atoms with Crippen LogP contribution < -0.4 is 5.32 Å². The quantitative estimate of drug-likeness (QED) is 0.714. The first-order chi connectivity index (χ1) is 9.52. The van der Waals surface area contributed by atoms with E-state index < -0.39 is 5.91 Å². The zero-order valence-corrected chi connectivity index (χ0v) is 12.0. The van der Waals surface area contributed by atoms with Gasteiger partial charge in [0.2, 0.25) is 0 Å². The van der Waals surface area contributed by atoms with Gasteiger partial charge in [-0.25, -0.2) is 4.98 Å². The molecular formula is C13H10ClN3O2S. The molecule has 0 aliphatic carbocycles. The predicted octanol–water partition coefficient (Wildman–Crippen LogP) is 3.32. The van der Waals surface area contributed by atoms with Crippen LogP contribution in [-0.2, 0) is 0 Å². The summed E-state index contributed by atoms with van der Waals surface area (Å²) >= 11 is 7.33. The molecule has 0 atom stereocenters. The molecular weight excluding hydrogens is 298 g/mol. The summed E-state index contributed by atoms with van der Waals surface area (Å²) in [6, 6.07) is 4.45. The van der Waals surface area contributed by atoms with Gasteiger partial charge in [-0.05, 0) is 25.1 Å². The summed E-state index contributed by atoms with van der Waals surface area (Å²) < 4.78 is 1.80. The normalized spacial score (nSPS) is 10.9. The molecule has 2 N–H and O–H groups in total. The molecule has 0 spiro atoms. The number of phenols is 1. The van der Waals surface area contributed by atoms with Crippen molar-refractivity contribution < 1.29 is 9.90 Å². The Balaban J connectivity index is 1.88. The highest BCUT2D eigenvalue weighted by Gasteiger charge is 2.14. The number of nitrogens with zero attached hydrogens (tertiary/aromatic N) is 2. The van der Waals surface area contributed by atoms with Crippen molar-refractivity contribution in [2.75, 3.05) is 5.32 Å². The minimum absolute atomic E-state index is 0.0420. The number of nitrogens with one attached hydrogen (secondary N) is 1. The maximum absolute atomic E-state index is 12.1. The molecule has 0 bridgehead atoms. The van der Waals surface area contributed by atoms with E-state index in [4.69, 9.17) is 11.6 Å². The van der Waals surface area contributed by atoms with Crippen molar-refractivity contribution in [2.45, 2.75) is 6.92 Å². The fraction of sp³-hybridized carbons (Fsp3) is 0.0769. The lowest BCUT2D eigenvalue weighted by Crippen LogP contribution is -2.12. The highest BCUT2D eigenvalue weighted by atomic mass is 35.5. The van der Waals surface area contributed by atoms with Crippen LogP contribution in [0.3, 0.4) is 0 Å². The summed E-state index contributed by atoms with van der Waals surface area (Å²) in [6.07, 6.45) is 3.55. The van der Waals surface area contributed by atoms with Gasteiger partial charge in [-0.1, -0.05) is 11.6 Å². The molecule has 0 fully saturated rings. The Kier molecular flexibility index (Phi) is 3.11. The standard InChI is InChI=1S/C13H10ClN3O2S/c1-7-5-17-6-10(16-13(17)20-7)12(19)15-9-4-8(14)2-3-11(9)18/h2-6,18H,1H3,(H,15,19). The third-order valence-corrected chi connectivity index (χ3v) is 3.86. The summed E-state index contributed by atoms with van der Waals surface area (Å²) in [4.78, 5) is 18.2. The van der Waals surface area contributed by atoms with Crippen LogP contribution in [-0.4, -0.2) is 20.4 Å². The van der Waals surface area contributed by atoms with Gasteiger partial charge in [0.25, 0.3) is 5.91 Å². The second-order valence-electron chi connectivity index (χ2n) is 4.27. The topological polar surface area (TPSA) is 66.6 Å². The van der Waals surface area contributed by atoms with E-state index in [1.165, 1.54) is 23.5 Å². The molecule has 1 amide bonds. The van der Waals surface area contributed by atoms with Crippen molar-refractivity contribution in [3.8, 4) is 5.75 Å². The molecule has 0 aliphatic heterocycles. The molecule has 0 saturated carbocycles. The van der Waals surface area contributed by atoms with Crippen LogP contribution in [0.15, 0.2) is 30.6 Å². The van der Waals surface area contributed by atoms with Crippen molar-refractivity contribution in [3.63, 3.8) is 0 Å². The van der Waals surface area contributed by atoms with Crippen LogP contribution in [0, 0.1) is 6.92 Å². The zero-order valence-electron chi connectivity index (χ0n) is 10.4. The number of amides is 1. The van der Waals surface area contributed by atoms with Crippen LogP contribution in [0.5, 0.6) is 5.75 Å². The lowest BCUT2D eigenvalue weighted by molar-refractivity contribution is 0.102. The second-order valence-corrected chi connectivity index (χ2v) is 5.92. The maximum atomic E-state index is 12.1. The number of carbonyl (C=O) groups is 1. The summed E-state index contributed by atoms with van der Waals surface area (Å²) in [6.45, 7) is 1.98. The SMILES string of the molecule is Cc1cn2cc(C(=O)Nc3cc(Cl)ccc3O)nc2s1. The molecule has 1 aromatic carbocycles. The molecule has 102 valence electrons. The van der Waals surface area contributed by atoms with Crippen LogP contribution >= 0.6 is 22.9 Å². The minimum atomic E-state index is -0.392. The van der Waals surface area contributed by atoms with Gasteiger partial charge in [0, 0.05) is 22.3 Å². The van der Waals surface area contributed by atoms with Gasteiger partial charge >= 0.3 is 0 Å². The van der Waals surface area contributed by atoms with Gasteiger partial charge in [-0.15, -0.1) is 11.3 Å². The highest BCUT2D eigenvalue weighted by molar-refractivity contribution is 7.17. The number of aromatic hydroxyl groups is 1. The van der Waals surface area contributed by atoms with Crippen LogP contribution in [0.25, 0.3) is 4.96 Å². The van der Waals surface area contributed by atoms with E-state index in [2.05, 4.69) is 10.3 Å². The number of halogens is 1. The fourth-order valence-corrected chi connectivity index (χ4v) is 2.80. The molecule has 5 nitrogen and oxygen atoms in total. The van der Waals surface area contributed by atoms with E-state index >= 15 is 0 Å². The molecule has 3 aromatic rings. The number of anilines is 1. The molecule has 0 aliphatic rings. The first-order valence-electron chi connectivity index (χ1n) is 5.78. The van der Waals surface area contributed by atoms with Crippen LogP contribution in [0.1, 0.15) is 15.4 Å². The first-order valence-corrected chi connectivity index (χ1v) is 6.97. The number of fused-ring (bicyclic) bond motifs is 1. The van der Waals surface area contributed by atoms with Gasteiger partial charge < -0.3 is 10.4 Å². The number of hydrogen-bond donors (Lipinski definition) is 2. The van der Waals surface area contributed by atoms with E-state index in [0.717, 1.165) is 9.84 Å². The molecule has 3 rings (SSSR count). The number of benzene rings is 1. The lowest BCUT2D eigenvalue weighted by atomic mass is 10.3. The third-order valence-electron chi connectivity index (χ3n) is 2.71. The van der Waals surface area contributed by atoms with Gasteiger partial charge in [0.05, 0.1) is 5.69 Å². The number of rotatable bonds is 2. The van der Waals surface area contributed by atoms with Gasteiger partial charge in [0.1, 0.15) is 11.4 Å². The Labute approximate surface area is 123 Å². The van der Waals surface area contributed by atoms with E-state index in [0.29, 0.717) is 5.02 Å². The van der Waals surface area contributed by atoms with Gasteiger partial charge in [-0.2, -0.15) is 0 Å². The fourth-order valence-electron chi connectivity index (χ4n) is 1.81. The number of hydrogen-bond acceptors (Lipinski definition) is 4. The average Bonchev–Trinajstić information content (AvgIpc) is 2.91. The molecule has 0 radical (unpaired) electrons. The van der Waals surface area contributed by atoms with Gasteiger partial charge in [-0.3, -0.25) is 9.20 Å². The van der Waals surface area contributed by atoms with Crippen molar-refractivity contribution in [1.82, 2.24) is 9.38 Å². The molecule has 0 saturated heterocycles. The number of aryl methyl sites for hydroxylation is 1. The van der Waals surface area contributed by atoms with E-state index in [1.54, 1.807) is 16.7 Å². The van der Waals surface area contributed by atoms with Crippen molar-refractivity contribution in [1.29, 1.82) is 0 Å². The Morgan fingerprint density at radius 1 is 1.45 bits per heavy atom. The molecule has 2 heterocycles. The third kappa shape index (κ3) is 2.35.